The van der Waals surface area contributed by atoms with E-state index in [0.29, 0.717) is 13.1 Å². The van der Waals surface area contributed by atoms with Gasteiger partial charge in [0.1, 0.15) is 12.7 Å². The molecule has 0 fully saturated rings. The van der Waals surface area contributed by atoms with Gasteiger partial charge in [-0.15, -0.1) is 6.42 Å². The Morgan fingerprint density at radius 1 is 1.60 bits per heavy atom. The van der Waals surface area contributed by atoms with E-state index in [-0.39, 0.29) is 12.6 Å². The maximum atomic E-state index is 11.3. The van der Waals surface area contributed by atoms with Crippen LogP contribution in [0.25, 0.3) is 0 Å². The SMILES string of the molecule is C#CCNCC(O)COC(=O)C(C)(C)C. The summed E-state index contributed by atoms with van der Waals surface area (Å²) in [5.74, 6) is 2.06. The second-order valence-corrected chi connectivity index (χ2v) is 4.34. The number of nitrogens with one attached hydrogen (secondary N) is 1. The summed E-state index contributed by atoms with van der Waals surface area (Å²) in [6.07, 6.45) is 4.30. The molecular weight excluding hydrogens is 194 g/mol. The molecule has 0 rings (SSSR count). The average Bonchev–Trinajstić information content (AvgIpc) is 2.13. The normalized spacial score (nSPS) is 13.0. The Labute approximate surface area is 91.0 Å². The molecule has 15 heavy (non-hydrogen) atoms. The lowest BCUT2D eigenvalue weighted by Crippen LogP contribution is -2.33. The molecule has 0 aliphatic carbocycles. The van der Waals surface area contributed by atoms with Crippen molar-refractivity contribution < 1.29 is 14.6 Å². The minimum atomic E-state index is -0.718. The molecular formula is C11H19NO3. The number of aliphatic hydroxyl groups excluding tert-OH is 1. The van der Waals surface area contributed by atoms with Gasteiger partial charge < -0.3 is 15.2 Å². The van der Waals surface area contributed by atoms with E-state index in [0.717, 1.165) is 0 Å². The van der Waals surface area contributed by atoms with Crippen molar-refractivity contribution in [3.05, 3.63) is 0 Å². The highest BCUT2D eigenvalue weighted by molar-refractivity contribution is 5.75. The summed E-state index contributed by atoms with van der Waals surface area (Å²) < 4.78 is 4.92. The Bertz CT molecular complexity index is 237. The zero-order valence-corrected chi connectivity index (χ0v) is 9.54. The van der Waals surface area contributed by atoms with Crippen LogP contribution in [0.3, 0.4) is 0 Å². The van der Waals surface area contributed by atoms with E-state index in [1.807, 2.05) is 0 Å². The van der Waals surface area contributed by atoms with E-state index in [9.17, 15) is 9.90 Å². The van der Waals surface area contributed by atoms with Crippen molar-refractivity contribution in [1.82, 2.24) is 5.32 Å². The van der Waals surface area contributed by atoms with Gasteiger partial charge in [0.15, 0.2) is 0 Å². The van der Waals surface area contributed by atoms with Crippen LogP contribution >= 0.6 is 0 Å². The molecule has 0 radical (unpaired) electrons. The summed E-state index contributed by atoms with van der Waals surface area (Å²) >= 11 is 0. The Hall–Kier alpha value is -1.05. The fourth-order valence-electron chi connectivity index (χ4n) is 0.758. The van der Waals surface area contributed by atoms with Gasteiger partial charge in [-0.3, -0.25) is 4.79 Å². The van der Waals surface area contributed by atoms with E-state index < -0.39 is 11.5 Å². The van der Waals surface area contributed by atoms with Crippen molar-refractivity contribution in [2.45, 2.75) is 26.9 Å². The van der Waals surface area contributed by atoms with Gasteiger partial charge >= 0.3 is 5.97 Å². The van der Waals surface area contributed by atoms with Gasteiger partial charge in [-0.1, -0.05) is 5.92 Å². The summed E-state index contributed by atoms with van der Waals surface area (Å²) in [6.45, 7) is 5.99. The third kappa shape index (κ3) is 6.95. The monoisotopic (exact) mass is 213 g/mol. The fourth-order valence-corrected chi connectivity index (χ4v) is 0.758. The van der Waals surface area contributed by atoms with Gasteiger partial charge in [-0.2, -0.15) is 0 Å². The number of carbonyl (C=O) groups is 1. The van der Waals surface area contributed by atoms with Gasteiger partial charge in [-0.25, -0.2) is 0 Å². The molecule has 0 aliphatic rings. The predicted octanol–water partition coefficient (Wildman–Crippen LogP) is 0.159. The van der Waals surface area contributed by atoms with Crippen LogP contribution in [0.2, 0.25) is 0 Å². The fraction of sp³-hybridized carbons (Fsp3) is 0.727. The van der Waals surface area contributed by atoms with Crippen LogP contribution in [0.4, 0.5) is 0 Å². The number of ether oxygens (including phenoxy) is 1. The van der Waals surface area contributed by atoms with Gasteiger partial charge in [0.05, 0.1) is 12.0 Å². The van der Waals surface area contributed by atoms with Crippen LogP contribution < -0.4 is 5.32 Å². The first-order valence-electron chi connectivity index (χ1n) is 4.87. The van der Waals surface area contributed by atoms with E-state index in [2.05, 4.69) is 11.2 Å². The smallest absolute Gasteiger partial charge is 0.311 e. The molecule has 0 bridgehead atoms. The largest absolute Gasteiger partial charge is 0.462 e. The van der Waals surface area contributed by atoms with E-state index in [4.69, 9.17) is 11.2 Å². The zero-order chi connectivity index (χ0) is 11.9. The molecule has 4 heteroatoms. The first kappa shape index (κ1) is 13.9. The minimum Gasteiger partial charge on any atom is -0.462 e. The molecule has 0 saturated carbocycles. The molecule has 0 saturated heterocycles. The molecule has 86 valence electrons. The van der Waals surface area contributed by atoms with Crippen LogP contribution in [-0.2, 0) is 9.53 Å². The topological polar surface area (TPSA) is 58.6 Å². The highest BCUT2D eigenvalue weighted by Crippen LogP contribution is 2.14. The summed E-state index contributed by atoms with van der Waals surface area (Å²) in [5.41, 5.74) is -0.536. The predicted molar refractivity (Wildman–Crippen MR) is 58.1 cm³/mol. The van der Waals surface area contributed by atoms with Crippen LogP contribution in [-0.4, -0.2) is 36.9 Å². The molecule has 4 nitrogen and oxygen atoms in total. The highest BCUT2D eigenvalue weighted by atomic mass is 16.5. The lowest BCUT2D eigenvalue weighted by molar-refractivity contribution is -0.155. The molecule has 0 aromatic heterocycles. The van der Waals surface area contributed by atoms with Crippen LogP contribution in [0.5, 0.6) is 0 Å². The van der Waals surface area contributed by atoms with Gasteiger partial charge in [0.25, 0.3) is 0 Å². The Morgan fingerprint density at radius 2 is 2.20 bits per heavy atom. The molecule has 1 atom stereocenters. The maximum absolute atomic E-state index is 11.3. The third-order valence-electron chi connectivity index (χ3n) is 1.63. The first-order chi connectivity index (χ1) is 6.88. The molecule has 0 aliphatic heterocycles. The number of esters is 1. The molecule has 1 unspecified atom stereocenters. The Kier molecular flexibility index (Phi) is 5.99. The molecule has 0 aromatic rings. The third-order valence-corrected chi connectivity index (χ3v) is 1.63. The van der Waals surface area contributed by atoms with Gasteiger partial charge in [-0.05, 0) is 20.8 Å². The van der Waals surface area contributed by atoms with E-state index in [1.54, 1.807) is 20.8 Å². The second-order valence-electron chi connectivity index (χ2n) is 4.34. The van der Waals surface area contributed by atoms with Crippen LogP contribution in [0, 0.1) is 17.8 Å². The first-order valence-corrected chi connectivity index (χ1v) is 4.87. The van der Waals surface area contributed by atoms with Gasteiger partial charge in [0, 0.05) is 6.54 Å². The maximum Gasteiger partial charge on any atom is 0.311 e. The van der Waals surface area contributed by atoms with Crippen LogP contribution in [0.15, 0.2) is 0 Å². The van der Waals surface area contributed by atoms with E-state index in [1.165, 1.54) is 0 Å². The summed E-state index contributed by atoms with van der Waals surface area (Å²) in [4.78, 5) is 11.3. The Balaban J connectivity index is 3.68. The van der Waals surface area contributed by atoms with Crippen molar-refractivity contribution in [2.24, 2.45) is 5.41 Å². The number of terminal acetylenes is 1. The quantitative estimate of drug-likeness (QED) is 0.388. The molecule has 0 spiro atoms. The molecule has 2 N–H and O–H groups in total. The summed E-state index contributed by atoms with van der Waals surface area (Å²) in [5, 5.41) is 12.2. The number of carbonyl (C=O) groups excluding carboxylic acids is 1. The minimum absolute atomic E-state index is 0.00628. The van der Waals surface area contributed by atoms with Gasteiger partial charge in [0.2, 0.25) is 0 Å². The molecule has 0 amide bonds. The average molecular weight is 213 g/mol. The van der Waals surface area contributed by atoms with Crippen molar-refractivity contribution in [1.29, 1.82) is 0 Å². The van der Waals surface area contributed by atoms with Crippen molar-refractivity contribution in [3.63, 3.8) is 0 Å². The van der Waals surface area contributed by atoms with Crippen molar-refractivity contribution in [2.75, 3.05) is 19.7 Å². The standard InChI is InChI=1S/C11H19NO3/c1-5-6-12-7-9(13)8-15-10(14)11(2,3)4/h1,9,12-13H,6-8H2,2-4H3. The summed E-state index contributed by atoms with van der Waals surface area (Å²) in [7, 11) is 0. The van der Waals surface area contributed by atoms with E-state index >= 15 is 0 Å². The number of hydrogen-bond donors (Lipinski definition) is 2. The number of hydrogen-bond acceptors (Lipinski definition) is 4. The molecule has 0 aromatic carbocycles. The zero-order valence-electron chi connectivity index (χ0n) is 9.54. The van der Waals surface area contributed by atoms with Crippen LogP contribution in [0.1, 0.15) is 20.8 Å². The lowest BCUT2D eigenvalue weighted by atomic mass is 9.97. The summed E-state index contributed by atoms with van der Waals surface area (Å²) in [6, 6.07) is 0. The lowest BCUT2D eigenvalue weighted by Gasteiger charge is -2.18. The number of rotatable bonds is 5. The molecule has 0 heterocycles. The second kappa shape index (κ2) is 6.44. The number of aliphatic hydroxyl groups is 1. The highest BCUT2D eigenvalue weighted by Gasteiger charge is 2.23. The van der Waals surface area contributed by atoms with Crippen molar-refractivity contribution >= 4 is 5.97 Å². The van der Waals surface area contributed by atoms with Crippen molar-refractivity contribution in [3.8, 4) is 12.3 Å². The Morgan fingerprint density at radius 3 is 2.67 bits per heavy atom.